The van der Waals surface area contributed by atoms with Gasteiger partial charge in [0, 0.05) is 17.4 Å². The zero-order valence-corrected chi connectivity index (χ0v) is 21.3. The lowest BCUT2D eigenvalue weighted by Crippen LogP contribution is -2.69. The molecule has 2 aliphatic heterocycles. The van der Waals surface area contributed by atoms with Gasteiger partial charge in [0.05, 0.1) is 17.1 Å². The summed E-state index contributed by atoms with van der Waals surface area (Å²) in [5.74, 6) is -0.966. The van der Waals surface area contributed by atoms with Gasteiger partial charge in [-0.1, -0.05) is 12.5 Å². The van der Waals surface area contributed by atoms with E-state index in [4.69, 9.17) is 9.47 Å². The van der Waals surface area contributed by atoms with Crippen LogP contribution in [0.15, 0.2) is 23.3 Å². The van der Waals surface area contributed by atoms with E-state index >= 15 is 0 Å². The van der Waals surface area contributed by atoms with Crippen molar-refractivity contribution in [1.29, 1.82) is 0 Å². The van der Waals surface area contributed by atoms with Gasteiger partial charge >= 0.3 is 5.97 Å². The maximum absolute atomic E-state index is 13.3. The van der Waals surface area contributed by atoms with Crippen LogP contribution in [0.5, 0.6) is 0 Å². The normalized spacial score (nSPS) is 54.3. The van der Waals surface area contributed by atoms with Gasteiger partial charge in [0.15, 0.2) is 5.78 Å². The number of cyclic esters (lactones) is 1. The van der Waals surface area contributed by atoms with Crippen molar-refractivity contribution in [1.82, 2.24) is 0 Å². The zero-order valence-electron chi connectivity index (χ0n) is 21.3. The first-order valence-electron chi connectivity index (χ1n) is 13.2. The third-order valence-corrected chi connectivity index (χ3v) is 11.9. The Morgan fingerprint density at radius 2 is 1.83 bits per heavy atom. The van der Waals surface area contributed by atoms with Gasteiger partial charge in [-0.3, -0.25) is 4.79 Å². The van der Waals surface area contributed by atoms with Crippen LogP contribution in [0.25, 0.3) is 0 Å². The van der Waals surface area contributed by atoms with Gasteiger partial charge in [-0.25, -0.2) is 4.79 Å². The second kappa shape index (κ2) is 6.85. The molecule has 35 heavy (non-hydrogen) atoms. The van der Waals surface area contributed by atoms with E-state index < -0.39 is 39.8 Å². The van der Waals surface area contributed by atoms with E-state index in [-0.39, 0.29) is 35.6 Å². The third kappa shape index (κ3) is 2.56. The van der Waals surface area contributed by atoms with E-state index in [1.54, 1.807) is 19.9 Å². The summed E-state index contributed by atoms with van der Waals surface area (Å²) in [6, 6.07) is 0. The molecule has 7 nitrogen and oxygen atoms in total. The molecule has 2 heterocycles. The highest BCUT2D eigenvalue weighted by Gasteiger charge is 2.82. The maximum Gasteiger partial charge on any atom is 0.334 e. The van der Waals surface area contributed by atoms with Crippen molar-refractivity contribution in [3.63, 3.8) is 0 Å². The average molecular weight is 487 g/mol. The fraction of sp³-hybridized carbons (Fsp3) is 0.786. The number of allylic oxidation sites excluding steroid dienone is 1. The van der Waals surface area contributed by atoms with Gasteiger partial charge in [0.2, 0.25) is 0 Å². The molecular weight excluding hydrogens is 448 g/mol. The van der Waals surface area contributed by atoms with Gasteiger partial charge < -0.3 is 24.8 Å². The quantitative estimate of drug-likeness (QED) is 0.406. The predicted octanol–water partition coefficient (Wildman–Crippen LogP) is 2.61. The predicted molar refractivity (Wildman–Crippen MR) is 126 cm³/mol. The number of aliphatic hydroxyl groups excluding tert-OH is 1. The lowest BCUT2D eigenvalue weighted by Gasteiger charge is -2.62. The number of ketones is 1. The molecule has 0 aromatic rings. The van der Waals surface area contributed by atoms with Crippen LogP contribution < -0.4 is 0 Å². The highest BCUT2D eigenvalue weighted by atomic mass is 16.6. The Hall–Kier alpha value is -1.54. The number of carbonyl (C=O) groups is 2. The van der Waals surface area contributed by atoms with E-state index in [0.29, 0.717) is 44.1 Å². The van der Waals surface area contributed by atoms with E-state index in [1.165, 1.54) is 6.08 Å². The summed E-state index contributed by atoms with van der Waals surface area (Å²) >= 11 is 0. The second-order valence-electron chi connectivity index (χ2n) is 12.9. The fourth-order valence-electron chi connectivity index (χ4n) is 9.50. The van der Waals surface area contributed by atoms with E-state index in [2.05, 4.69) is 6.92 Å². The van der Waals surface area contributed by atoms with Crippen molar-refractivity contribution in [3.8, 4) is 0 Å². The molecule has 0 aromatic heterocycles. The summed E-state index contributed by atoms with van der Waals surface area (Å²) in [6.45, 7) is 9.42. The van der Waals surface area contributed by atoms with Crippen molar-refractivity contribution in [2.75, 3.05) is 0 Å². The molecule has 1 saturated heterocycles. The molecular formula is C28H38O7. The Morgan fingerprint density at radius 1 is 1.11 bits per heavy atom. The van der Waals surface area contributed by atoms with Crippen molar-refractivity contribution in [2.45, 2.75) is 108 Å². The molecule has 7 heteroatoms. The second-order valence-corrected chi connectivity index (χ2v) is 12.9. The van der Waals surface area contributed by atoms with Gasteiger partial charge in [-0.05, 0) is 89.7 Å². The number of hydrogen-bond acceptors (Lipinski definition) is 7. The Labute approximate surface area is 206 Å². The summed E-state index contributed by atoms with van der Waals surface area (Å²) < 4.78 is 11.9. The number of ether oxygens (including phenoxy) is 2. The minimum atomic E-state index is -1.30. The van der Waals surface area contributed by atoms with Crippen LogP contribution in [-0.4, -0.2) is 62.2 Å². The molecule has 6 unspecified atom stereocenters. The van der Waals surface area contributed by atoms with E-state index in [9.17, 15) is 24.9 Å². The number of rotatable bonds is 2. The first kappa shape index (κ1) is 23.8. The van der Waals surface area contributed by atoms with Crippen molar-refractivity contribution >= 4 is 11.8 Å². The first-order chi connectivity index (χ1) is 16.2. The number of carbonyl (C=O) groups excluding carboxylic acids is 2. The monoisotopic (exact) mass is 486 g/mol. The van der Waals surface area contributed by atoms with Gasteiger partial charge in [0.1, 0.15) is 23.4 Å². The maximum atomic E-state index is 13.3. The summed E-state index contributed by atoms with van der Waals surface area (Å²) in [4.78, 5) is 25.8. The lowest BCUT2D eigenvalue weighted by atomic mass is 9.43. The third-order valence-electron chi connectivity index (χ3n) is 11.9. The standard InChI is InChI=1S/C28H38O7/c1-14-12-21(34-23(31)15(14)2)26(5,32)18-9-11-27(33)17-13-22-28(35-22)20(30)7-6-19(29)25(28,4)16(17)8-10-24(18,27)3/h6-7,16-18,20-22,30,32-33H,8-13H2,1-5H3/t16?,17?,18?,20?,21?,22-,24-,25+,26-,27-,28?/m1/s1. The van der Waals surface area contributed by atoms with Gasteiger partial charge in [-0.15, -0.1) is 0 Å². The Kier molecular flexibility index (Phi) is 4.67. The molecule has 0 amide bonds. The number of epoxide rings is 1. The fourth-order valence-corrected chi connectivity index (χ4v) is 9.50. The van der Waals surface area contributed by atoms with E-state index in [0.717, 1.165) is 5.57 Å². The molecule has 0 bridgehead atoms. The molecule has 3 N–H and O–H groups in total. The lowest BCUT2D eigenvalue weighted by molar-refractivity contribution is -0.224. The highest BCUT2D eigenvalue weighted by molar-refractivity contribution is 5.98. The van der Waals surface area contributed by atoms with Crippen LogP contribution in [0.4, 0.5) is 0 Å². The van der Waals surface area contributed by atoms with Gasteiger partial charge in [-0.2, -0.15) is 0 Å². The Bertz CT molecular complexity index is 1080. The smallest absolute Gasteiger partial charge is 0.334 e. The van der Waals surface area contributed by atoms with Crippen LogP contribution in [0.3, 0.4) is 0 Å². The summed E-state index contributed by atoms with van der Waals surface area (Å²) in [7, 11) is 0. The molecule has 6 rings (SSSR count). The highest BCUT2D eigenvalue weighted by Crippen LogP contribution is 2.74. The number of aliphatic hydroxyl groups is 3. The van der Waals surface area contributed by atoms with E-state index in [1.807, 2.05) is 13.8 Å². The van der Waals surface area contributed by atoms with Crippen LogP contribution in [0.1, 0.15) is 73.1 Å². The Balaban J connectivity index is 1.35. The molecule has 3 saturated carbocycles. The number of esters is 1. The average Bonchev–Trinajstić information content (AvgIpc) is 3.46. The molecule has 192 valence electrons. The molecule has 4 aliphatic carbocycles. The molecule has 0 radical (unpaired) electrons. The van der Waals surface area contributed by atoms with Crippen molar-refractivity contribution in [3.05, 3.63) is 23.3 Å². The summed E-state index contributed by atoms with van der Waals surface area (Å²) in [5.41, 5.74) is -3.23. The zero-order chi connectivity index (χ0) is 25.3. The molecule has 1 spiro atoms. The minimum absolute atomic E-state index is 0.0273. The van der Waals surface area contributed by atoms with Crippen LogP contribution in [0, 0.1) is 28.6 Å². The first-order valence-corrected chi connectivity index (χ1v) is 13.2. The molecule has 11 atom stereocenters. The molecule has 6 aliphatic rings. The van der Waals surface area contributed by atoms with Crippen LogP contribution in [-0.2, 0) is 19.1 Å². The topological polar surface area (TPSA) is 117 Å². The molecule has 4 fully saturated rings. The largest absolute Gasteiger partial charge is 0.456 e. The molecule has 0 aromatic carbocycles. The van der Waals surface area contributed by atoms with Gasteiger partial charge in [0.25, 0.3) is 0 Å². The van der Waals surface area contributed by atoms with Crippen LogP contribution in [0.2, 0.25) is 0 Å². The summed E-state index contributed by atoms with van der Waals surface area (Å²) in [6.07, 6.45) is 4.86. The Morgan fingerprint density at radius 3 is 2.51 bits per heavy atom. The summed E-state index contributed by atoms with van der Waals surface area (Å²) in [5, 5.41) is 35.2. The van der Waals surface area contributed by atoms with Crippen LogP contribution >= 0.6 is 0 Å². The number of fused-ring (bicyclic) bond motifs is 4. The van der Waals surface area contributed by atoms with Crippen molar-refractivity contribution in [2.24, 2.45) is 28.6 Å². The SMILES string of the molecule is CC1=C(C)C(=O)OC([C@](C)(O)C2CC[C@@]3(O)C4C[C@H]5OC56C(O)C=CC(=O)[C@]6(C)C4CC[C@]23C)C1. The van der Waals surface area contributed by atoms with Crippen molar-refractivity contribution < 1.29 is 34.4 Å². The minimum Gasteiger partial charge on any atom is -0.456 e. The number of hydrogen-bond donors (Lipinski definition) is 3.